The standard InChI is InChI=1S/C80H149NO13/c1-3-5-7-9-11-13-15-17-19-21-23-25-27-29-31-32-33-34-35-36-38-39-41-43-45-47-49-51-53-55-57-59-61-63-69(84)68(67-91-79-77(90)75(88)78(71(66-83)93-79)94-80-76(89)74(87)73(86)70(65-82)92-80)81-72(85)64-62-60-58-56-54-52-50-48-46-44-42-40-37-30-28-26-24-22-20-18-16-14-12-10-8-6-4-2/h6,8,12,14,18,20,24,26,68-71,73-80,82-84,86-90H,3-5,7,9-11,13,15-17,19,21-23,25,27-67H2,1-2H3,(H,81,85)/b8-6-,14-12-,20-18-,26-24-. The van der Waals surface area contributed by atoms with Crippen LogP contribution in [0.15, 0.2) is 48.6 Å². The molecular weight excluding hydrogens is 1180 g/mol. The average molecular weight is 1330 g/mol. The Morgan fingerprint density at radius 3 is 1.13 bits per heavy atom. The molecule has 14 heteroatoms. The topological polar surface area (TPSA) is 228 Å². The van der Waals surface area contributed by atoms with Crippen LogP contribution in [-0.2, 0) is 23.7 Å². The number of aliphatic hydroxyl groups is 8. The van der Waals surface area contributed by atoms with E-state index in [1.807, 2.05) is 0 Å². The first-order chi connectivity index (χ1) is 46.1. The predicted molar refractivity (Wildman–Crippen MR) is 388 cm³/mol. The van der Waals surface area contributed by atoms with Crippen LogP contribution in [0, 0.1) is 0 Å². The smallest absolute Gasteiger partial charge is 0.220 e. The Morgan fingerprint density at radius 1 is 0.394 bits per heavy atom. The third kappa shape index (κ3) is 47.1. The van der Waals surface area contributed by atoms with Crippen molar-refractivity contribution in [3.8, 4) is 0 Å². The van der Waals surface area contributed by atoms with Gasteiger partial charge in [0.2, 0.25) is 5.91 Å². The van der Waals surface area contributed by atoms with Crippen LogP contribution in [0.4, 0.5) is 0 Å². The average Bonchev–Trinajstić information content (AvgIpc) is 0.794. The number of hydrogen-bond donors (Lipinski definition) is 9. The second kappa shape index (κ2) is 64.3. The summed E-state index contributed by atoms with van der Waals surface area (Å²) in [6, 6.07) is -0.832. The third-order valence-corrected chi connectivity index (χ3v) is 19.6. The maximum absolute atomic E-state index is 13.4. The van der Waals surface area contributed by atoms with E-state index in [2.05, 4.69) is 67.8 Å². The van der Waals surface area contributed by atoms with Crippen LogP contribution in [-0.4, -0.2) is 140 Å². The second-order valence-electron chi connectivity index (χ2n) is 28.2. The zero-order valence-electron chi connectivity index (χ0n) is 60.5. The summed E-state index contributed by atoms with van der Waals surface area (Å²) in [7, 11) is 0. The van der Waals surface area contributed by atoms with Gasteiger partial charge in [0.05, 0.1) is 32.0 Å². The largest absolute Gasteiger partial charge is 0.394 e. The molecule has 12 atom stereocenters. The van der Waals surface area contributed by atoms with Gasteiger partial charge in [0.25, 0.3) is 0 Å². The van der Waals surface area contributed by atoms with E-state index in [0.29, 0.717) is 12.8 Å². The molecular formula is C80H149NO13. The molecule has 0 aliphatic carbocycles. The third-order valence-electron chi connectivity index (χ3n) is 19.6. The Hall–Kier alpha value is -2.05. The van der Waals surface area contributed by atoms with Gasteiger partial charge in [-0.3, -0.25) is 4.79 Å². The number of rotatable bonds is 67. The molecule has 0 aromatic heterocycles. The second-order valence-corrected chi connectivity index (χ2v) is 28.2. The van der Waals surface area contributed by atoms with Crippen molar-refractivity contribution in [2.24, 2.45) is 0 Å². The zero-order valence-corrected chi connectivity index (χ0v) is 60.5. The van der Waals surface area contributed by atoms with Gasteiger partial charge in [-0.2, -0.15) is 0 Å². The number of unbranched alkanes of at least 4 members (excludes halogenated alkanes) is 46. The molecule has 2 heterocycles. The van der Waals surface area contributed by atoms with E-state index in [4.69, 9.17) is 18.9 Å². The first kappa shape index (κ1) is 88.0. The molecule has 14 nitrogen and oxygen atoms in total. The van der Waals surface area contributed by atoms with E-state index >= 15 is 0 Å². The Bertz CT molecular complexity index is 1760. The first-order valence-corrected chi connectivity index (χ1v) is 39.9. The van der Waals surface area contributed by atoms with Crippen molar-refractivity contribution in [3.63, 3.8) is 0 Å². The van der Waals surface area contributed by atoms with Crippen LogP contribution in [0.3, 0.4) is 0 Å². The molecule has 2 aliphatic heterocycles. The van der Waals surface area contributed by atoms with Gasteiger partial charge in [0, 0.05) is 6.42 Å². The lowest BCUT2D eigenvalue weighted by Gasteiger charge is -2.46. The fourth-order valence-corrected chi connectivity index (χ4v) is 13.3. The van der Waals surface area contributed by atoms with E-state index in [9.17, 15) is 45.6 Å². The number of ether oxygens (including phenoxy) is 4. The van der Waals surface area contributed by atoms with Crippen LogP contribution >= 0.6 is 0 Å². The predicted octanol–water partition coefficient (Wildman–Crippen LogP) is 17.8. The minimum absolute atomic E-state index is 0.203. The summed E-state index contributed by atoms with van der Waals surface area (Å²) in [5.74, 6) is -0.203. The highest BCUT2D eigenvalue weighted by Crippen LogP contribution is 2.30. The van der Waals surface area contributed by atoms with Crippen molar-refractivity contribution in [2.75, 3.05) is 19.8 Å². The molecule has 2 saturated heterocycles. The number of carbonyl (C=O) groups excluding carboxylic acids is 1. The van der Waals surface area contributed by atoms with Crippen LogP contribution in [0.5, 0.6) is 0 Å². The highest BCUT2D eigenvalue weighted by molar-refractivity contribution is 5.76. The van der Waals surface area contributed by atoms with Crippen molar-refractivity contribution in [1.29, 1.82) is 0 Å². The van der Waals surface area contributed by atoms with Crippen LogP contribution in [0.2, 0.25) is 0 Å². The van der Waals surface area contributed by atoms with Gasteiger partial charge in [-0.25, -0.2) is 0 Å². The van der Waals surface area contributed by atoms with E-state index < -0.39 is 86.8 Å². The van der Waals surface area contributed by atoms with Gasteiger partial charge < -0.3 is 65.1 Å². The minimum Gasteiger partial charge on any atom is -0.394 e. The van der Waals surface area contributed by atoms with Gasteiger partial charge in [-0.1, -0.05) is 351 Å². The molecule has 0 aromatic carbocycles. The summed E-state index contributed by atoms with van der Waals surface area (Å²) in [5, 5.41) is 87.9. The van der Waals surface area contributed by atoms with Crippen molar-refractivity contribution in [1.82, 2.24) is 5.32 Å². The maximum Gasteiger partial charge on any atom is 0.220 e. The molecule has 0 spiro atoms. The van der Waals surface area contributed by atoms with Crippen molar-refractivity contribution in [3.05, 3.63) is 48.6 Å². The van der Waals surface area contributed by atoms with Crippen LogP contribution in [0.1, 0.15) is 361 Å². The SMILES string of the molecule is CC/C=C\C/C=C\C/C=C\C/C=C\CCCCCCCCCCCCCCCCC(=O)NC(COC1OC(CO)C(OC2OC(CO)C(O)C(O)C2O)C(O)C1O)C(O)CCCCCCCCCCCCCCCCCCCCCCCCCCCCCCCCCCC. The molecule has 94 heavy (non-hydrogen) atoms. The number of allylic oxidation sites excluding steroid dienone is 8. The quantitative estimate of drug-likeness (QED) is 0.0204. The highest BCUT2D eigenvalue weighted by Gasteiger charge is 2.51. The fraction of sp³-hybridized carbons (Fsp3) is 0.887. The summed E-state index contributed by atoms with van der Waals surface area (Å²) >= 11 is 0. The van der Waals surface area contributed by atoms with E-state index in [-0.39, 0.29) is 12.5 Å². The molecule has 2 fully saturated rings. The monoisotopic (exact) mass is 1330 g/mol. The summed E-state index contributed by atoms with van der Waals surface area (Å²) in [6.45, 7) is 2.81. The summed E-state index contributed by atoms with van der Waals surface area (Å²) < 4.78 is 23.0. The molecule has 0 saturated carbocycles. The molecule has 9 N–H and O–H groups in total. The number of nitrogens with one attached hydrogen (secondary N) is 1. The Morgan fingerprint density at radius 2 is 0.734 bits per heavy atom. The molecule has 552 valence electrons. The number of aliphatic hydroxyl groups excluding tert-OH is 8. The molecule has 12 unspecified atom stereocenters. The maximum atomic E-state index is 13.4. The van der Waals surface area contributed by atoms with Gasteiger partial charge in [-0.05, 0) is 51.4 Å². The Labute approximate surface area is 575 Å². The van der Waals surface area contributed by atoms with E-state index in [1.54, 1.807) is 0 Å². The number of carbonyl (C=O) groups is 1. The van der Waals surface area contributed by atoms with Crippen LogP contribution in [0.25, 0.3) is 0 Å². The molecule has 2 rings (SSSR count). The summed E-state index contributed by atoms with van der Waals surface area (Å²) in [5.41, 5.74) is 0. The van der Waals surface area contributed by atoms with Crippen molar-refractivity contribution >= 4 is 5.91 Å². The Kier molecular flexibility index (Phi) is 60.3. The zero-order chi connectivity index (χ0) is 68.0. The molecule has 2 aliphatic rings. The first-order valence-electron chi connectivity index (χ1n) is 39.9. The lowest BCUT2D eigenvalue weighted by Crippen LogP contribution is -2.65. The lowest BCUT2D eigenvalue weighted by molar-refractivity contribution is -0.359. The van der Waals surface area contributed by atoms with Crippen molar-refractivity contribution in [2.45, 2.75) is 434 Å². The summed E-state index contributed by atoms with van der Waals surface area (Å²) in [6.07, 6.45) is 68.6. The fourth-order valence-electron chi connectivity index (χ4n) is 13.3. The lowest BCUT2D eigenvalue weighted by atomic mass is 9.97. The highest BCUT2D eigenvalue weighted by atomic mass is 16.7. The Balaban J connectivity index is 1.61. The minimum atomic E-state index is -1.78. The van der Waals surface area contributed by atoms with Gasteiger partial charge >= 0.3 is 0 Å². The number of hydrogen-bond acceptors (Lipinski definition) is 13. The van der Waals surface area contributed by atoms with Gasteiger partial charge in [0.1, 0.15) is 48.8 Å². The van der Waals surface area contributed by atoms with Gasteiger partial charge in [-0.15, -0.1) is 0 Å². The number of amides is 1. The van der Waals surface area contributed by atoms with E-state index in [1.165, 1.54) is 257 Å². The molecule has 0 bridgehead atoms. The summed E-state index contributed by atoms with van der Waals surface area (Å²) in [4.78, 5) is 13.4. The normalized spacial score (nSPS) is 22.7. The van der Waals surface area contributed by atoms with Crippen LogP contribution < -0.4 is 5.32 Å². The van der Waals surface area contributed by atoms with E-state index in [0.717, 1.165) is 77.0 Å². The molecule has 0 aromatic rings. The molecule has 0 radical (unpaired) electrons. The molecule has 1 amide bonds. The van der Waals surface area contributed by atoms with Gasteiger partial charge in [0.15, 0.2) is 12.6 Å². The van der Waals surface area contributed by atoms with Crippen molar-refractivity contribution < 1.29 is 64.6 Å².